The van der Waals surface area contributed by atoms with Gasteiger partial charge in [-0.05, 0) is 55.5 Å². The Labute approximate surface area is 232 Å². The molecule has 8 heteroatoms. The van der Waals surface area contributed by atoms with Crippen LogP contribution < -0.4 is 5.73 Å². The van der Waals surface area contributed by atoms with Gasteiger partial charge >= 0.3 is 6.18 Å². The molecule has 208 valence electrons. The maximum atomic E-state index is 13.2. The average Bonchev–Trinajstić information content (AvgIpc) is 3.26. The topological polar surface area (TPSA) is 64.2 Å². The van der Waals surface area contributed by atoms with Crippen LogP contribution in [0.15, 0.2) is 84.9 Å². The van der Waals surface area contributed by atoms with Gasteiger partial charge in [0.15, 0.2) is 0 Å². The summed E-state index contributed by atoms with van der Waals surface area (Å²) in [7, 11) is 0. The fourth-order valence-electron chi connectivity index (χ4n) is 5.98. The van der Waals surface area contributed by atoms with Crippen molar-refractivity contribution >= 4 is 5.91 Å². The highest BCUT2D eigenvalue weighted by Crippen LogP contribution is 2.43. The summed E-state index contributed by atoms with van der Waals surface area (Å²) in [5.41, 5.74) is 10.2. The van der Waals surface area contributed by atoms with Gasteiger partial charge in [-0.2, -0.15) is 18.3 Å². The van der Waals surface area contributed by atoms with E-state index in [0.717, 1.165) is 45.8 Å². The SMILES string of the molecule is Cc1nn(Cc2ccccc2)c2c1C(CCc1ccc(C(F)(F)F)cc1)N(C(C)(C(N)=O)c1ccccc1)CC2. The molecule has 1 aliphatic rings. The van der Waals surface area contributed by atoms with Gasteiger partial charge in [0.2, 0.25) is 5.91 Å². The zero-order chi connectivity index (χ0) is 28.5. The molecule has 4 aromatic rings. The number of carbonyl (C=O) groups excluding carboxylic acids is 1. The molecule has 0 saturated heterocycles. The molecule has 2 N–H and O–H groups in total. The molecule has 2 heterocycles. The lowest BCUT2D eigenvalue weighted by Crippen LogP contribution is -2.56. The van der Waals surface area contributed by atoms with E-state index in [2.05, 4.69) is 17.0 Å². The predicted molar refractivity (Wildman–Crippen MR) is 148 cm³/mol. The van der Waals surface area contributed by atoms with Crippen LogP contribution in [0.4, 0.5) is 13.2 Å². The zero-order valence-electron chi connectivity index (χ0n) is 22.7. The Hall–Kier alpha value is -3.91. The van der Waals surface area contributed by atoms with Crippen LogP contribution in [0.2, 0.25) is 0 Å². The molecule has 2 unspecified atom stereocenters. The number of fused-ring (bicyclic) bond motifs is 1. The molecule has 0 fully saturated rings. The van der Waals surface area contributed by atoms with Crippen LogP contribution >= 0.6 is 0 Å². The first-order chi connectivity index (χ1) is 19.1. The monoisotopic (exact) mass is 546 g/mol. The number of rotatable bonds is 8. The van der Waals surface area contributed by atoms with Gasteiger partial charge in [-0.1, -0.05) is 72.8 Å². The Kier molecular flexibility index (Phi) is 7.55. The van der Waals surface area contributed by atoms with Crippen molar-refractivity contribution in [2.24, 2.45) is 5.73 Å². The second-order valence-electron chi connectivity index (χ2n) is 10.6. The smallest absolute Gasteiger partial charge is 0.368 e. The van der Waals surface area contributed by atoms with Crippen LogP contribution in [-0.4, -0.2) is 27.1 Å². The van der Waals surface area contributed by atoms with Crippen LogP contribution in [0.1, 0.15) is 58.6 Å². The van der Waals surface area contributed by atoms with Crippen molar-refractivity contribution in [1.29, 1.82) is 0 Å². The van der Waals surface area contributed by atoms with Gasteiger partial charge in [-0.25, -0.2) is 0 Å². The van der Waals surface area contributed by atoms with Gasteiger partial charge in [-0.15, -0.1) is 0 Å². The van der Waals surface area contributed by atoms with E-state index in [1.165, 1.54) is 12.1 Å². The highest BCUT2D eigenvalue weighted by Gasteiger charge is 2.46. The number of carbonyl (C=O) groups is 1. The summed E-state index contributed by atoms with van der Waals surface area (Å²) in [5.74, 6) is -0.448. The van der Waals surface area contributed by atoms with E-state index in [0.29, 0.717) is 32.4 Å². The van der Waals surface area contributed by atoms with Gasteiger partial charge < -0.3 is 5.73 Å². The minimum absolute atomic E-state index is 0.215. The summed E-state index contributed by atoms with van der Waals surface area (Å²) in [6.45, 7) is 5.07. The van der Waals surface area contributed by atoms with E-state index in [4.69, 9.17) is 10.8 Å². The van der Waals surface area contributed by atoms with Crippen molar-refractivity contribution < 1.29 is 18.0 Å². The summed E-state index contributed by atoms with van der Waals surface area (Å²) < 4.78 is 41.4. The van der Waals surface area contributed by atoms with Gasteiger partial charge in [0, 0.05) is 30.3 Å². The fourth-order valence-corrected chi connectivity index (χ4v) is 5.98. The standard InChI is InChI=1S/C32H33F3N4O/c1-22-29-27(18-15-23-13-16-26(17-14-23)32(33,34)35)38(31(2,30(36)40)25-11-7-4-8-12-25)20-19-28(29)39(37-22)21-24-9-5-3-6-10-24/h3-14,16-17,27H,15,18-21H2,1-2H3,(H2,36,40). The van der Waals surface area contributed by atoms with Crippen molar-refractivity contribution in [3.63, 3.8) is 0 Å². The van der Waals surface area contributed by atoms with Crippen molar-refractivity contribution in [1.82, 2.24) is 14.7 Å². The third-order valence-electron chi connectivity index (χ3n) is 8.13. The Morgan fingerprint density at radius 3 is 2.15 bits per heavy atom. The third kappa shape index (κ3) is 5.28. The minimum Gasteiger partial charge on any atom is -0.368 e. The summed E-state index contributed by atoms with van der Waals surface area (Å²) in [6, 6.07) is 24.8. The van der Waals surface area contributed by atoms with Gasteiger partial charge in [-0.3, -0.25) is 14.4 Å². The third-order valence-corrected chi connectivity index (χ3v) is 8.13. The molecule has 1 aromatic heterocycles. The molecule has 1 aliphatic heterocycles. The van der Waals surface area contributed by atoms with E-state index in [1.54, 1.807) is 0 Å². The van der Waals surface area contributed by atoms with Gasteiger partial charge in [0.1, 0.15) is 5.54 Å². The van der Waals surface area contributed by atoms with Crippen LogP contribution in [0.5, 0.6) is 0 Å². The Morgan fingerprint density at radius 2 is 1.55 bits per heavy atom. The molecular weight excluding hydrogens is 513 g/mol. The number of benzene rings is 3. The van der Waals surface area contributed by atoms with Gasteiger partial charge in [0.05, 0.1) is 17.8 Å². The van der Waals surface area contributed by atoms with Crippen molar-refractivity contribution in [2.45, 2.75) is 57.4 Å². The van der Waals surface area contributed by atoms with E-state index in [9.17, 15) is 18.0 Å². The molecule has 3 aromatic carbocycles. The molecule has 0 bridgehead atoms. The lowest BCUT2D eigenvalue weighted by atomic mass is 9.82. The second-order valence-corrected chi connectivity index (χ2v) is 10.6. The molecule has 0 radical (unpaired) electrons. The van der Waals surface area contributed by atoms with Crippen molar-refractivity contribution in [2.75, 3.05) is 6.54 Å². The number of alkyl halides is 3. The highest BCUT2D eigenvalue weighted by molar-refractivity contribution is 5.86. The number of aromatic nitrogens is 2. The van der Waals surface area contributed by atoms with Crippen molar-refractivity contribution in [3.05, 3.63) is 124 Å². The molecular formula is C32H33F3N4O. The first-order valence-electron chi connectivity index (χ1n) is 13.5. The highest BCUT2D eigenvalue weighted by atomic mass is 19.4. The lowest BCUT2D eigenvalue weighted by Gasteiger charge is -2.47. The predicted octanol–water partition coefficient (Wildman–Crippen LogP) is 6.19. The first-order valence-corrected chi connectivity index (χ1v) is 13.5. The Bertz CT molecular complexity index is 1470. The number of hydrogen-bond donors (Lipinski definition) is 1. The van der Waals surface area contributed by atoms with E-state index in [1.807, 2.05) is 67.1 Å². The normalized spacial score (nSPS) is 17.3. The van der Waals surface area contributed by atoms with Crippen LogP contribution in [0.25, 0.3) is 0 Å². The molecule has 5 rings (SSSR count). The average molecular weight is 547 g/mol. The molecule has 0 spiro atoms. The summed E-state index contributed by atoms with van der Waals surface area (Å²) >= 11 is 0. The molecule has 5 nitrogen and oxygen atoms in total. The van der Waals surface area contributed by atoms with Crippen LogP contribution in [-0.2, 0) is 35.9 Å². The number of hydrogen-bond acceptors (Lipinski definition) is 3. The number of nitrogens with two attached hydrogens (primary N) is 1. The molecule has 1 amide bonds. The number of primary amides is 1. The van der Waals surface area contributed by atoms with E-state index in [-0.39, 0.29) is 6.04 Å². The van der Waals surface area contributed by atoms with E-state index >= 15 is 0 Å². The van der Waals surface area contributed by atoms with Gasteiger partial charge in [0.25, 0.3) is 0 Å². The molecule has 40 heavy (non-hydrogen) atoms. The van der Waals surface area contributed by atoms with Crippen LogP contribution in [0, 0.1) is 6.92 Å². The largest absolute Gasteiger partial charge is 0.416 e. The number of halogens is 3. The number of aryl methyl sites for hydroxylation is 2. The van der Waals surface area contributed by atoms with Crippen molar-refractivity contribution in [3.8, 4) is 0 Å². The summed E-state index contributed by atoms with van der Waals surface area (Å²) in [5, 5.41) is 4.91. The lowest BCUT2D eigenvalue weighted by molar-refractivity contribution is -0.137. The number of amides is 1. The van der Waals surface area contributed by atoms with E-state index < -0.39 is 23.2 Å². The maximum absolute atomic E-state index is 13.2. The Morgan fingerprint density at radius 1 is 0.925 bits per heavy atom. The Balaban J connectivity index is 1.54. The molecule has 2 atom stereocenters. The second kappa shape index (κ2) is 10.9. The number of nitrogens with zero attached hydrogens (tertiary/aromatic N) is 3. The summed E-state index contributed by atoms with van der Waals surface area (Å²) in [6.07, 6.45) is -2.57. The quantitative estimate of drug-likeness (QED) is 0.287. The molecule has 0 saturated carbocycles. The first kappa shape index (κ1) is 27.6. The minimum atomic E-state index is -4.38. The van der Waals surface area contributed by atoms with Crippen LogP contribution in [0.3, 0.4) is 0 Å². The zero-order valence-corrected chi connectivity index (χ0v) is 22.7. The fraction of sp³-hybridized carbons (Fsp3) is 0.312. The maximum Gasteiger partial charge on any atom is 0.416 e. The summed E-state index contributed by atoms with van der Waals surface area (Å²) in [4.78, 5) is 15.3. The molecule has 0 aliphatic carbocycles.